The molecule has 0 bridgehead atoms. The molecule has 0 atom stereocenters. The van der Waals surface area contributed by atoms with Gasteiger partial charge in [-0.15, -0.1) is 0 Å². The molecule has 2 rings (SSSR count). The first kappa shape index (κ1) is 4.68. The van der Waals surface area contributed by atoms with Crippen molar-refractivity contribution in [2.45, 2.75) is 6.42 Å². The van der Waals surface area contributed by atoms with Crippen molar-refractivity contribution >= 4 is 0 Å². The average molecular weight is 113 g/mol. The highest BCUT2D eigenvalue weighted by molar-refractivity contribution is 5.46. The third-order valence-electron chi connectivity index (χ3n) is 1.46. The van der Waals surface area contributed by atoms with Crippen LogP contribution in [-0.2, 0) is 0 Å². The van der Waals surface area contributed by atoms with E-state index in [1.807, 2.05) is 12.5 Å². The zero-order chi connectivity index (χ0) is 6.10. The van der Waals surface area contributed by atoms with Crippen molar-refractivity contribution < 1.29 is 0 Å². The molecule has 0 nitrogen and oxygen atoms in total. The Balaban J connectivity index is 2.53. The van der Waals surface area contributed by atoms with Crippen molar-refractivity contribution in [2.24, 2.45) is 0 Å². The lowest BCUT2D eigenvalue weighted by Crippen LogP contribution is -1.89. The van der Waals surface area contributed by atoms with E-state index < -0.39 is 0 Å². The first-order chi connectivity index (χ1) is 4.47. The van der Waals surface area contributed by atoms with E-state index in [4.69, 9.17) is 0 Å². The van der Waals surface area contributed by atoms with Crippen LogP contribution in [0.2, 0.25) is 0 Å². The lowest BCUT2D eigenvalue weighted by atomic mass is 9.98. The van der Waals surface area contributed by atoms with E-state index in [0.717, 1.165) is 12.0 Å². The van der Waals surface area contributed by atoms with Gasteiger partial charge in [-0.2, -0.15) is 0 Å². The first-order valence-electron chi connectivity index (χ1n) is 2.97. The van der Waals surface area contributed by atoms with E-state index in [0.29, 0.717) is 0 Å². The number of hydrogen-bond donors (Lipinski definition) is 0. The van der Waals surface area contributed by atoms with Gasteiger partial charge in [0.05, 0.1) is 0 Å². The minimum absolute atomic E-state index is 0.992. The normalized spacial score (nSPS) is 19.6. The van der Waals surface area contributed by atoms with Gasteiger partial charge in [0.1, 0.15) is 0 Å². The summed E-state index contributed by atoms with van der Waals surface area (Å²) in [5.41, 5.74) is 11.2. The topological polar surface area (TPSA) is 0 Å². The molecule has 0 spiro atoms. The molecular formula is C9H5. The van der Waals surface area contributed by atoms with Crippen molar-refractivity contribution in [1.29, 1.82) is 0 Å². The van der Waals surface area contributed by atoms with Gasteiger partial charge in [-0.1, -0.05) is 23.6 Å². The van der Waals surface area contributed by atoms with E-state index in [-0.39, 0.29) is 0 Å². The highest BCUT2D eigenvalue weighted by Crippen LogP contribution is 2.22. The van der Waals surface area contributed by atoms with Crippen molar-refractivity contribution in [3.05, 3.63) is 46.9 Å². The lowest BCUT2D eigenvalue weighted by Gasteiger charge is -2.03. The third kappa shape index (κ3) is 0.633. The maximum absolute atomic E-state index is 2.99. The molecule has 0 heterocycles. The van der Waals surface area contributed by atoms with Gasteiger partial charge in [0.25, 0.3) is 0 Å². The number of rotatable bonds is 0. The van der Waals surface area contributed by atoms with Gasteiger partial charge in [-0.05, 0) is 12.2 Å². The fourth-order valence-corrected chi connectivity index (χ4v) is 0.970. The van der Waals surface area contributed by atoms with Crippen LogP contribution in [-0.4, -0.2) is 0 Å². The van der Waals surface area contributed by atoms with Crippen LogP contribution in [0.5, 0.6) is 0 Å². The zero-order valence-electron chi connectivity index (χ0n) is 4.94. The van der Waals surface area contributed by atoms with Crippen LogP contribution in [0.3, 0.4) is 0 Å². The molecule has 0 aromatic heterocycles. The number of allylic oxidation sites excluding steroid dienone is 4. The molecule has 0 aromatic rings. The van der Waals surface area contributed by atoms with Crippen LogP contribution < -0.4 is 0 Å². The van der Waals surface area contributed by atoms with E-state index >= 15 is 0 Å². The second-order valence-corrected chi connectivity index (χ2v) is 2.07. The molecule has 0 N–H and O–H groups in total. The van der Waals surface area contributed by atoms with Gasteiger partial charge in [0.2, 0.25) is 0 Å². The molecule has 41 valence electrons. The maximum atomic E-state index is 2.99. The van der Waals surface area contributed by atoms with Gasteiger partial charge >= 0.3 is 0 Å². The Morgan fingerprint density at radius 2 is 2.33 bits per heavy atom. The van der Waals surface area contributed by atoms with Crippen LogP contribution in [0.4, 0.5) is 0 Å². The van der Waals surface area contributed by atoms with Gasteiger partial charge < -0.3 is 0 Å². The van der Waals surface area contributed by atoms with Crippen molar-refractivity contribution in [1.82, 2.24) is 0 Å². The SMILES string of the molecule is C1=C=C2[CH]C=CCC2=C=1. The van der Waals surface area contributed by atoms with Gasteiger partial charge in [-0.3, -0.25) is 0 Å². The van der Waals surface area contributed by atoms with Crippen LogP contribution in [0.1, 0.15) is 6.42 Å². The highest BCUT2D eigenvalue weighted by atomic mass is 14.1. The fourth-order valence-electron chi connectivity index (χ4n) is 0.970. The molecule has 9 heavy (non-hydrogen) atoms. The first-order valence-corrected chi connectivity index (χ1v) is 2.97. The second kappa shape index (κ2) is 1.65. The molecular weight excluding hydrogens is 108 g/mol. The summed E-state index contributed by atoms with van der Waals surface area (Å²) in [4.78, 5) is 0. The molecule has 0 fully saturated rings. The fraction of sp³-hybridized carbons (Fsp3) is 0.111. The average Bonchev–Trinajstić information content (AvgIpc) is 2.33. The van der Waals surface area contributed by atoms with E-state index in [1.54, 1.807) is 0 Å². The lowest BCUT2D eigenvalue weighted by molar-refractivity contribution is 1.20. The Bertz CT molecular complexity index is 269. The molecule has 0 unspecified atom stereocenters. The number of fused-ring (bicyclic) bond motifs is 1. The smallest absolute Gasteiger partial charge is 0.0227 e. The number of hydrogen-bond acceptors (Lipinski definition) is 0. The maximum Gasteiger partial charge on any atom is 0.0227 e. The van der Waals surface area contributed by atoms with E-state index in [9.17, 15) is 0 Å². The summed E-state index contributed by atoms with van der Waals surface area (Å²) < 4.78 is 0. The van der Waals surface area contributed by atoms with Crippen LogP contribution >= 0.6 is 0 Å². The summed E-state index contributed by atoms with van der Waals surface area (Å²) in [6.45, 7) is 0. The summed E-state index contributed by atoms with van der Waals surface area (Å²) in [6, 6.07) is 0. The van der Waals surface area contributed by atoms with E-state index in [1.165, 1.54) is 5.57 Å². The molecule has 2 aliphatic rings. The Morgan fingerprint density at radius 1 is 1.33 bits per heavy atom. The van der Waals surface area contributed by atoms with Gasteiger partial charge in [0, 0.05) is 17.6 Å². The minimum Gasteiger partial charge on any atom is -0.0828 e. The largest absolute Gasteiger partial charge is 0.0828 e. The monoisotopic (exact) mass is 113 g/mol. The summed E-state index contributed by atoms with van der Waals surface area (Å²) in [7, 11) is 0. The predicted octanol–water partition coefficient (Wildman–Crippen LogP) is 1.93. The Morgan fingerprint density at radius 3 is 3.22 bits per heavy atom. The van der Waals surface area contributed by atoms with Crippen LogP contribution in [0, 0.1) is 6.42 Å². The predicted molar refractivity (Wildman–Crippen MR) is 35.6 cm³/mol. The highest BCUT2D eigenvalue weighted by Gasteiger charge is 2.07. The summed E-state index contributed by atoms with van der Waals surface area (Å²) in [6.07, 6.45) is 7.18. The Kier molecular flexibility index (Phi) is 0.859. The quantitative estimate of drug-likeness (QED) is 0.421. The van der Waals surface area contributed by atoms with Gasteiger partial charge in [0.15, 0.2) is 0 Å². The van der Waals surface area contributed by atoms with Crippen LogP contribution in [0.25, 0.3) is 0 Å². The van der Waals surface area contributed by atoms with E-state index in [2.05, 4.69) is 23.3 Å². The summed E-state index contributed by atoms with van der Waals surface area (Å²) in [5, 5.41) is 0. The Labute approximate surface area is 54.2 Å². The minimum atomic E-state index is 0.992. The molecule has 0 heteroatoms. The molecule has 0 saturated heterocycles. The van der Waals surface area contributed by atoms with Crippen LogP contribution in [0.15, 0.2) is 40.5 Å². The summed E-state index contributed by atoms with van der Waals surface area (Å²) in [5.74, 6) is 0. The molecule has 0 aliphatic heterocycles. The van der Waals surface area contributed by atoms with Gasteiger partial charge in [-0.25, -0.2) is 0 Å². The molecule has 0 saturated carbocycles. The standard InChI is InChI=1S/C9H5/c1-2-5-9-7-3-6-8(9)4-1/h1-2,4H,5H2. The molecule has 1 radical (unpaired) electrons. The van der Waals surface area contributed by atoms with Crippen molar-refractivity contribution in [2.75, 3.05) is 0 Å². The van der Waals surface area contributed by atoms with Crippen molar-refractivity contribution in [3.8, 4) is 0 Å². The molecule has 2 aliphatic carbocycles. The summed E-state index contributed by atoms with van der Waals surface area (Å²) >= 11 is 0. The van der Waals surface area contributed by atoms with Crippen molar-refractivity contribution in [3.63, 3.8) is 0 Å². The second-order valence-electron chi connectivity index (χ2n) is 2.07. The molecule has 0 aromatic carbocycles. The zero-order valence-corrected chi connectivity index (χ0v) is 4.94. The Hall–Kier alpha value is -1.18. The molecule has 0 amide bonds. The third-order valence-corrected chi connectivity index (χ3v) is 1.46.